The minimum atomic E-state index is -0.983. The molecule has 6 nitrogen and oxygen atoms in total. The minimum absolute atomic E-state index is 0.129. The maximum Gasteiger partial charge on any atom is 0.326 e. The van der Waals surface area contributed by atoms with Crippen molar-refractivity contribution >= 4 is 12.0 Å². The van der Waals surface area contributed by atoms with Crippen LogP contribution in [0.3, 0.4) is 0 Å². The Morgan fingerprint density at radius 2 is 2.00 bits per heavy atom. The molecule has 0 aromatic rings. The smallest absolute Gasteiger partial charge is 0.326 e. The first-order chi connectivity index (χ1) is 8.86. The summed E-state index contributed by atoms with van der Waals surface area (Å²) in [6.07, 6.45) is 0. The Bertz CT molecular complexity index is 333. The van der Waals surface area contributed by atoms with Gasteiger partial charge in [-0.15, -0.1) is 0 Å². The molecule has 0 aromatic heterocycles. The number of urea groups is 1. The highest BCUT2D eigenvalue weighted by atomic mass is 16.4. The zero-order chi connectivity index (χ0) is 14.6. The van der Waals surface area contributed by atoms with Crippen LogP contribution < -0.4 is 5.32 Å². The third-order valence-electron chi connectivity index (χ3n) is 3.67. The van der Waals surface area contributed by atoms with E-state index in [0.29, 0.717) is 19.1 Å². The molecular formula is C13H25N3O3. The lowest BCUT2D eigenvalue weighted by atomic mass is 10.1. The summed E-state index contributed by atoms with van der Waals surface area (Å²) in [5, 5.41) is 11.7. The molecule has 2 N–H and O–H groups in total. The molecule has 2 atom stereocenters. The van der Waals surface area contributed by atoms with Crippen LogP contribution in [0, 0.1) is 5.92 Å². The number of hydrogen-bond donors (Lipinski definition) is 2. The molecule has 1 unspecified atom stereocenters. The second kappa shape index (κ2) is 6.75. The summed E-state index contributed by atoms with van der Waals surface area (Å²) in [5.74, 6) is -1.11. The first kappa shape index (κ1) is 15.8. The Morgan fingerprint density at radius 3 is 2.42 bits per heavy atom. The lowest BCUT2D eigenvalue weighted by Crippen LogP contribution is -2.58. The third-order valence-corrected chi connectivity index (χ3v) is 3.67. The average molecular weight is 271 g/mol. The van der Waals surface area contributed by atoms with Crippen LogP contribution in [-0.2, 0) is 4.79 Å². The summed E-state index contributed by atoms with van der Waals surface area (Å²) >= 11 is 0. The van der Waals surface area contributed by atoms with Gasteiger partial charge in [0.15, 0.2) is 0 Å². The molecular weight excluding hydrogens is 246 g/mol. The molecule has 19 heavy (non-hydrogen) atoms. The van der Waals surface area contributed by atoms with Crippen molar-refractivity contribution in [3.8, 4) is 0 Å². The number of likely N-dealkylation sites (N-methyl/N-ethyl adjacent to an activating group) is 1. The standard InChI is InChI=1S/C13H25N3O3/c1-5-15-6-7-16(8-10(15)4)13(19)14-11(9(2)3)12(17)18/h9-11H,5-8H2,1-4H3,(H,14,19)(H,17,18)/t10?,11-/m0/s1. The van der Waals surface area contributed by atoms with E-state index in [0.717, 1.165) is 13.1 Å². The van der Waals surface area contributed by atoms with E-state index in [-0.39, 0.29) is 11.9 Å². The van der Waals surface area contributed by atoms with Crippen molar-refractivity contribution in [2.24, 2.45) is 5.92 Å². The van der Waals surface area contributed by atoms with E-state index in [2.05, 4.69) is 24.1 Å². The van der Waals surface area contributed by atoms with Gasteiger partial charge in [-0.05, 0) is 19.4 Å². The number of nitrogens with zero attached hydrogens (tertiary/aromatic N) is 2. The number of carboxylic acid groups (broad SMARTS) is 1. The second-order valence-electron chi connectivity index (χ2n) is 5.43. The van der Waals surface area contributed by atoms with E-state index >= 15 is 0 Å². The van der Waals surface area contributed by atoms with Crippen molar-refractivity contribution in [2.45, 2.75) is 39.8 Å². The van der Waals surface area contributed by atoms with Gasteiger partial charge in [0.2, 0.25) is 0 Å². The number of amides is 2. The molecule has 1 saturated heterocycles. The number of rotatable bonds is 4. The summed E-state index contributed by atoms with van der Waals surface area (Å²) in [5.41, 5.74) is 0. The minimum Gasteiger partial charge on any atom is -0.480 e. The third kappa shape index (κ3) is 4.09. The second-order valence-corrected chi connectivity index (χ2v) is 5.43. The fourth-order valence-electron chi connectivity index (χ4n) is 2.39. The highest BCUT2D eigenvalue weighted by Crippen LogP contribution is 2.10. The molecule has 1 heterocycles. The lowest BCUT2D eigenvalue weighted by Gasteiger charge is -2.39. The molecule has 1 aliphatic heterocycles. The average Bonchev–Trinajstić information content (AvgIpc) is 2.34. The molecule has 1 rings (SSSR count). The van der Waals surface area contributed by atoms with Crippen LogP contribution in [0.4, 0.5) is 4.79 Å². The van der Waals surface area contributed by atoms with E-state index in [1.165, 1.54) is 0 Å². The van der Waals surface area contributed by atoms with Gasteiger partial charge in [0.05, 0.1) is 0 Å². The zero-order valence-corrected chi connectivity index (χ0v) is 12.2. The van der Waals surface area contributed by atoms with Crippen LogP contribution in [0.15, 0.2) is 0 Å². The molecule has 0 spiro atoms. The van der Waals surface area contributed by atoms with Crippen LogP contribution in [0.1, 0.15) is 27.7 Å². The summed E-state index contributed by atoms with van der Waals surface area (Å²) in [6.45, 7) is 10.9. The van der Waals surface area contributed by atoms with Gasteiger partial charge in [-0.3, -0.25) is 4.90 Å². The summed E-state index contributed by atoms with van der Waals surface area (Å²) < 4.78 is 0. The summed E-state index contributed by atoms with van der Waals surface area (Å²) in [4.78, 5) is 27.2. The van der Waals surface area contributed by atoms with Gasteiger partial charge in [0.1, 0.15) is 6.04 Å². The molecule has 0 bridgehead atoms. The van der Waals surface area contributed by atoms with Crippen LogP contribution >= 0.6 is 0 Å². The van der Waals surface area contributed by atoms with Crippen molar-refractivity contribution in [3.05, 3.63) is 0 Å². The SMILES string of the molecule is CCN1CCN(C(=O)N[C@H](C(=O)O)C(C)C)CC1C. The predicted octanol–water partition coefficient (Wildman–Crippen LogP) is 0.831. The first-order valence-corrected chi connectivity index (χ1v) is 6.89. The summed E-state index contributed by atoms with van der Waals surface area (Å²) in [7, 11) is 0. The van der Waals surface area contributed by atoms with Crippen molar-refractivity contribution in [1.29, 1.82) is 0 Å². The van der Waals surface area contributed by atoms with Gasteiger partial charge < -0.3 is 15.3 Å². The Morgan fingerprint density at radius 1 is 1.37 bits per heavy atom. The number of carboxylic acids is 1. The molecule has 0 aromatic carbocycles. The van der Waals surface area contributed by atoms with Crippen LogP contribution in [0.2, 0.25) is 0 Å². The van der Waals surface area contributed by atoms with Crippen molar-refractivity contribution < 1.29 is 14.7 Å². The van der Waals surface area contributed by atoms with E-state index in [9.17, 15) is 9.59 Å². The Labute approximate surface area is 114 Å². The number of hydrogen-bond acceptors (Lipinski definition) is 3. The zero-order valence-electron chi connectivity index (χ0n) is 12.2. The highest BCUT2D eigenvalue weighted by Gasteiger charge is 2.29. The Balaban J connectivity index is 2.57. The number of piperazine rings is 1. The molecule has 2 amide bonds. The highest BCUT2D eigenvalue weighted by molar-refractivity contribution is 5.82. The maximum absolute atomic E-state index is 12.1. The lowest BCUT2D eigenvalue weighted by molar-refractivity contribution is -0.140. The van der Waals surface area contributed by atoms with Gasteiger partial charge in [-0.1, -0.05) is 20.8 Å². The summed E-state index contributed by atoms with van der Waals surface area (Å²) in [6, 6.07) is -0.789. The van der Waals surface area contributed by atoms with Gasteiger partial charge >= 0.3 is 12.0 Å². The number of nitrogens with one attached hydrogen (secondary N) is 1. The molecule has 0 aliphatic carbocycles. The normalized spacial score (nSPS) is 22.4. The fourth-order valence-corrected chi connectivity index (χ4v) is 2.39. The van der Waals surface area contributed by atoms with Gasteiger partial charge in [-0.25, -0.2) is 9.59 Å². The van der Waals surface area contributed by atoms with Crippen LogP contribution in [0.25, 0.3) is 0 Å². The van der Waals surface area contributed by atoms with E-state index < -0.39 is 12.0 Å². The quantitative estimate of drug-likeness (QED) is 0.794. The van der Waals surface area contributed by atoms with Gasteiger partial charge in [-0.2, -0.15) is 0 Å². The monoisotopic (exact) mass is 271 g/mol. The van der Waals surface area contributed by atoms with E-state index in [4.69, 9.17) is 5.11 Å². The van der Waals surface area contributed by atoms with E-state index in [1.807, 2.05) is 0 Å². The van der Waals surface area contributed by atoms with Gasteiger partial charge in [0.25, 0.3) is 0 Å². The number of aliphatic carboxylic acids is 1. The van der Waals surface area contributed by atoms with Gasteiger partial charge in [0, 0.05) is 25.7 Å². The van der Waals surface area contributed by atoms with Crippen molar-refractivity contribution in [3.63, 3.8) is 0 Å². The molecule has 0 saturated carbocycles. The Kier molecular flexibility index (Phi) is 5.60. The molecule has 6 heteroatoms. The molecule has 1 fully saturated rings. The topological polar surface area (TPSA) is 72.9 Å². The first-order valence-electron chi connectivity index (χ1n) is 6.89. The van der Waals surface area contributed by atoms with Crippen LogP contribution in [-0.4, -0.2) is 65.2 Å². The number of carbonyl (C=O) groups is 2. The largest absolute Gasteiger partial charge is 0.480 e. The molecule has 0 radical (unpaired) electrons. The van der Waals surface area contributed by atoms with Crippen molar-refractivity contribution in [2.75, 3.05) is 26.2 Å². The Hall–Kier alpha value is -1.30. The maximum atomic E-state index is 12.1. The van der Waals surface area contributed by atoms with Crippen molar-refractivity contribution in [1.82, 2.24) is 15.1 Å². The predicted molar refractivity (Wildman–Crippen MR) is 73.1 cm³/mol. The molecule has 110 valence electrons. The number of carbonyl (C=O) groups excluding carboxylic acids is 1. The van der Waals surface area contributed by atoms with Crippen LogP contribution in [0.5, 0.6) is 0 Å². The molecule has 1 aliphatic rings. The van der Waals surface area contributed by atoms with E-state index in [1.54, 1.807) is 18.7 Å². The fraction of sp³-hybridized carbons (Fsp3) is 0.846.